The fourth-order valence-electron chi connectivity index (χ4n) is 4.96. The Balaban J connectivity index is 2.34. The molecule has 0 aromatic heterocycles. The number of allylic oxidation sites excluding steroid dienone is 2. The summed E-state index contributed by atoms with van der Waals surface area (Å²) in [6.45, 7) is 4.74. The molecular weight excluding hydrogens is 373 g/mol. The quantitative estimate of drug-likeness (QED) is 0.556. The fraction of sp³-hybridized carbons (Fsp3) is 0.478. The van der Waals surface area contributed by atoms with Crippen molar-refractivity contribution < 1.29 is 23.6 Å². The summed E-state index contributed by atoms with van der Waals surface area (Å²) >= 11 is 0. The van der Waals surface area contributed by atoms with Gasteiger partial charge in [0.1, 0.15) is 12.1 Å². The van der Waals surface area contributed by atoms with E-state index in [1.807, 2.05) is 0 Å². The molecule has 0 aliphatic heterocycles. The highest BCUT2D eigenvalue weighted by Gasteiger charge is 2.48. The van der Waals surface area contributed by atoms with Gasteiger partial charge in [0.15, 0.2) is 11.6 Å². The van der Waals surface area contributed by atoms with Gasteiger partial charge in [-0.2, -0.15) is 0 Å². The molecule has 0 bridgehead atoms. The number of amides is 1. The predicted molar refractivity (Wildman–Crippen MR) is 108 cm³/mol. The number of hydrogen-bond acceptors (Lipinski definition) is 4. The third-order valence-electron chi connectivity index (χ3n) is 6.12. The molecule has 1 atom stereocenters. The van der Waals surface area contributed by atoms with Crippen molar-refractivity contribution in [1.29, 1.82) is 0 Å². The van der Waals surface area contributed by atoms with Crippen LogP contribution in [0.1, 0.15) is 69.6 Å². The Kier molecular flexibility index (Phi) is 5.82. The zero-order valence-corrected chi connectivity index (χ0v) is 17.1. The van der Waals surface area contributed by atoms with Gasteiger partial charge in [0.25, 0.3) is 0 Å². The molecule has 0 saturated heterocycles. The van der Waals surface area contributed by atoms with Crippen LogP contribution in [-0.4, -0.2) is 23.8 Å². The molecule has 1 amide bonds. The van der Waals surface area contributed by atoms with Crippen molar-refractivity contribution in [1.82, 2.24) is 0 Å². The van der Waals surface area contributed by atoms with Gasteiger partial charge in [-0.25, -0.2) is 4.39 Å². The lowest BCUT2D eigenvalue weighted by molar-refractivity contribution is -0.121. The standard InChI is InChI=1S/C23H26FNO4/c1-4-5-8-23-9-6-19(29)20(13(2)27)21(23)16-11-18(24)22(25-14(3)28)15(7-10-26)17(16)12-23/h10-11H,4-9,12H2,1-3H3,(H,25,28). The van der Waals surface area contributed by atoms with Gasteiger partial charge < -0.3 is 10.1 Å². The SMILES string of the molecule is CCCCC12CCC(=O)C(C(C)=O)=C1c1cc(F)c(NC(C)=O)c(CC=O)c1C2. The molecule has 0 heterocycles. The van der Waals surface area contributed by atoms with Gasteiger partial charge in [-0.1, -0.05) is 19.8 Å². The molecule has 2 aliphatic carbocycles. The molecule has 0 spiro atoms. The minimum atomic E-state index is -0.657. The number of benzene rings is 1. The zero-order valence-electron chi connectivity index (χ0n) is 17.1. The van der Waals surface area contributed by atoms with Crippen molar-refractivity contribution in [2.24, 2.45) is 5.41 Å². The largest absolute Gasteiger partial charge is 0.324 e. The normalized spacial score (nSPS) is 20.3. The zero-order chi connectivity index (χ0) is 21.3. The molecule has 1 aromatic carbocycles. The number of Topliss-reactive ketones (excluding diaryl/α,β-unsaturated/α-hetero) is 2. The first-order chi connectivity index (χ1) is 13.8. The van der Waals surface area contributed by atoms with Crippen molar-refractivity contribution >= 4 is 35.0 Å². The summed E-state index contributed by atoms with van der Waals surface area (Å²) in [7, 11) is 0. The van der Waals surface area contributed by atoms with Crippen LogP contribution < -0.4 is 5.32 Å². The second-order valence-corrected chi connectivity index (χ2v) is 8.08. The highest BCUT2D eigenvalue weighted by Crippen LogP contribution is 2.58. The van der Waals surface area contributed by atoms with Crippen LogP contribution in [0.5, 0.6) is 0 Å². The monoisotopic (exact) mass is 399 g/mol. The van der Waals surface area contributed by atoms with Crippen LogP contribution in [0.2, 0.25) is 0 Å². The number of ketones is 2. The Morgan fingerprint density at radius 3 is 2.62 bits per heavy atom. The van der Waals surface area contributed by atoms with E-state index in [0.717, 1.165) is 24.8 Å². The molecule has 3 rings (SSSR count). The number of hydrogen-bond donors (Lipinski definition) is 1. The number of nitrogens with one attached hydrogen (secondary N) is 1. The Bertz CT molecular complexity index is 947. The number of rotatable bonds is 7. The number of anilines is 1. The van der Waals surface area contributed by atoms with Crippen molar-refractivity contribution in [2.75, 3.05) is 5.32 Å². The van der Waals surface area contributed by atoms with Crippen LogP contribution in [-0.2, 0) is 32.0 Å². The lowest BCUT2D eigenvalue weighted by Crippen LogP contribution is -2.30. The molecule has 0 radical (unpaired) electrons. The maximum absolute atomic E-state index is 15.0. The van der Waals surface area contributed by atoms with Crippen LogP contribution in [0.25, 0.3) is 5.57 Å². The Hall–Kier alpha value is -2.63. The van der Waals surface area contributed by atoms with Gasteiger partial charge in [0.05, 0.1) is 11.3 Å². The third-order valence-corrected chi connectivity index (χ3v) is 6.12. The number of aldehydes is 1. The molecule has 2 aliphatic rings. The van der Waals surface area contributed by atoms with Crippen LogP contribution in [0, 0.1) is 11.2 Å². The molecule has 0 fully saturated rings. The summed E-state index contributed by atoms with van der Waals surface area (Å²) in [4.78, 5) is 48.0. The van der Waals surface area contributed by atoms with E-state index >= 15 is 4.39 Å². The van der Waals surface area contributed by atoms with E-state index in [-0.39, 0.29) is 29.2 Å². The minimum Gasteiger partial charge on any atom is -0.324 e. The maximum atomic E-state index is 15.0. The van der Waals surface area contributed by atoms with Crippen LogP contribution >= 0.6 is 0 Å². The predicted octanol–water partition coefficient (Wildman–Crippen LogP) is 3.96. The summed E-state index contributed by atoms with van der Waals surface area (Å²) in [5.41, 5.74) is 2.18. The first-order valence-corrected chi connectivity index (χ1v) is 10.1. The average molecular weight is 399 g/mol. The van der Waals surface area contributed by atoms with Crippen molar-refractivity contribution in [3.8, 4) is 0 Å². The van der Waals surface area contributed by atoms with Gasteiger partial charge in [-0.3, -0.25) is 14.4 Å². The first kappa shape index (κ1) is 21.1. The van der Waals surface area contributed by atoms with Crippen LogP contribution in [0.4, 0.5) is 10.1 Å². The highest BCUT2D eigenvalue weighted by molar-refractivity contribution is 6.26. The first-order valence-electron chi connectivity index (χ1n) is 10.1. The summed E-state index contributed by atoms with van der Waals surface area (Å²) in [6, 6.07) is 1.32. The van der Waals surface area contributed by atoms with Crippen LogP contribution in [0.15, 0.2) is 11.6 Å². The van der Waals surface area contributed by atoms with Gasteiger partial charge in [-0.15, -0.1) is 0 Å². The van der Waals surface area contributed by atoms with Gasteiger partial charge in [-0.05, 0) is 54.5 Å². The average Bonchev–Trinajstić information content (AvgIpc) is 2.97. The van der Waals surface area contributed by atoms with Gasteiger partial charge in [0, 0.05) is 25.2 Å². The highest BCUT2D eigenvalue weighted by atomic mass is 19.1. The summed E-state index contributed by atoms with van der Waals surface area (Å²) < 4.78 is 15.0. The third kappa shape index (κ3) is 3.56. The van der Waals surface area contributed by atoms with Crippen molar-refractivity contribution in [2.45, 2.75) is 65.7 Å². The molecule has 1 aromatic rings. The molecule has 1 N–H and O–H groups in total. The van der Waals surface area contributed by atoms with E-state index in [9.17, 15) is 19.2 Å². The van der Waals surface area contributed by atoms with Crippen LogP contribution in [0.3, 0.4) is 0 Å². The second-order valence-electron chi connectivity index (χ2n) is 8.08. The Morgan fingerprint density at radius 1 is 1.31 bits per heavy atom. The summed E-state index contributed by atoms with van der Waals surface area (Å²) in [5, 5.41) is 2.51. The van der Waals surface area contributed by atoms with E-state index in [1.54, 1.807) is 0 Å². The molecule has 5 nitrogen and oxygen atoms in total. The molecule has 29 heavy (non-hydrogen) atoms. The van der Waals surface area contributed by atoms with Gasteiger partial charge >= 0.3 is 0 Å². The number of fused-ring (bicyclic) bond motifs is 3. The number of carbonyl (C=O) groups is 4. The second kappa shape index (κ2) is 8.01. The molecular formula is C23H26FNO4. The van der Waals surface area contributed by atoms with E-state index in [2.05, 4.69) is 12.2 Å². The number of carbonyl (C=O) groups excluding carboxylic acids is 4. The van der Waals surface area contributed by atoms with Crippen molar-refractivity contribution in [3.63, 3.8) is 0 Å². The maximum Gasteiger partial charge on any atom is 0.221 e. The van der Waals surface area contributed by atoms with E-state index in [4.69, 9.17) is 0 Å². The smallest absolute Gasteiger partial charge is 0.221 e. The van der Waals surface area contributed by atoms with E-state index in [1.165, 1.54) is 19.9 Å². The summed E-state index contributed by atoms with van der Waals surface area (Å²) in [5.74, 6) is -1.58. The fourth-order valence-corrected chi connectivity index (χ4v) is 4.96. The lowest BCUT2D eigenvalue weighted by atomic mass is 9.66. The van der Waals surface area contributed by atoms with Gasteiger partial charge in [0.2, 0.25) is 5.91 Å². The minimum absolute atomic E-state index is 0.0175. The molecule has 154 valence electrons. The van der Waals surface area contributed by atoms with Crippen molar-refractivity contribution in [3.05, 3.63) is 34.1 Å². The topological polar surface area (TPSA) is 80.3 Å². The number of halogens is 1. The Morgan fingerprint density at radius 2 is 2.03 bits per heavy atom. The molecule has 0 saturated carbocycles. The summed E-state index contributed by atoms with van der Waals surface area (Å²) in [6.07, 6.45) is 4.74. The molecule has 6 heteroatoms. The molecule has 1 unspecified atom stereocenters. The van der Waals surface area contributed by atoms with E-state index < -0.39 is 17.1 Å². The van der Waals surface area contributed by atoms with E-state index in [0.29, 0.717) is 42.2 Å². The Labute approximate surface area is 169 Å². The lowest BCUT2D eigenvalue weighted by Gasteiger charge is -2.36. The number of unbranched alkanes of at least 4 members (excludes halogenated alkanes) is 1.